The second kappa shape index (κ2) is 5.54. The first kappa shape index (κ1) is 13.8. The van der Waals surface area contributed by atoms with Crippen molar-refractivity contribution in [3.8, 4) is 0 Å². The maximum Gasteiger partial charge on any atom is 0.263 e. The second-order valence-electron chi connectivity index (χ2n) is 4.05. The van der Waals surface area contributed by atoms with Gasteiger partial charge in [-0.05, 0) is 18.6 Å². The van der Waals surface area contributed by atoms with Crippen LogP contribution in [0.2, 0.25) is 0 Å². The third kappa shape index (κ3) is 2.67. The van der Waals surface area contributed by atoms with Crippen molar-refractivity contribution in [3.05, 3.63) is 24.1 Å². The lowest BCUT2D eigenvalue weighted by molar-refractivity contribution is 0.409. The molecule has 1 aliphatic heterocycles. The van der Waals surface area contributed by atoms with E-state index < -0.39 is 20.9 Å². The van der Waals surface area contributed by atoms with Crippen molar-refractivity contribution in [2.75, 3.05) is 18.8 Å². The average Bonchev–Trinajstić information content (AvgIpc) is 2.39. The maximum absolute atomic E-state index is 13.5. The number of hydrogen-bond acceptors (Lipinski definition) is 4. The molecule has 1 atom stereocenters. The molecule has 4 nitrogen and oxygen atoms in total. The first-order valence-electron chi connectivity index (χ1n) is 5.78. The molecule has 0 radical (unpaired) electrons. The Kier molecular flexibility index (Phi) is 4.24. The van der Waals surface area contributed by atoms with Crippen LogP contribution in [0, 0.1) is 5.82 Å². The Morgan fingerprint density at radius 2 is 2.39 bits per heavy atom. The third-order valence-electron chi connectivity index (χ3n) is 2.87. The largest absolute Gasteiger partial charge is 0.263 e. The number of nitrogens with zero attached hydrogens (tertiary/aromatic N) is 2. The molecule has 1 unspecified atom stereocenters. The van der Waals surface area contributed by atoms with Crippen LogP contribution in [0.25, 0.3) is 0 Å². The predicted molar refractivity (Wildman–Crippen MR) is 69.5 cm³/mol. The molecule has 0 amide bonds. The highest BCUT2D eigenvalue weighted by molar-refractivity contribution is 8.00. The highest BCUT2D eigenvalue weighted by Crippen LogP contribution is 2.26. The molecule has 1 fully saturated rings. The Hall–Kier alpha value is -0.660. The number of thioether (sulfide) groups is 1. The maximum atomic E-state index is 13.5. The number of hydrogen-bond donors (Lipinski definition) is 0. The van der Waals surface area contributed by atoms with Crippen LogP contribution < -0.4 is 0 Å². The van der Waals surface area contributed by atoms with E-state index >= 15 is 0 Å². The molecule has 2 heterocycles. The zero-order chi connectivity index (χ0) is 13.2. The molecule has 1 aromatic heterocycles. The van der Waals surface area contributed by atoms with Gasteiger partial charge in [-0.25, -0.2) is 17.8 Å². The van der Waals surface area contributed by atoms with E-state index in [0.29, 0.717) is 13.1 Å². The highest BCUT2D eigenvalue weighted by atomic mass is 32.2. The van der Waals surface area contributed by atoms with Gasteiger partial charge in [-0.2, -0.15) is 16.1 Å². The molecule has 18 heavy (non-hydrogen) atoms. The van der Waals surface area contributed by atoms with Gasteiger partial charge in [-0.3, -0.25) is 0 Å². The number of aromatic nitrogens is 1. The molecule has 0 N–H and O–H groups in total. The molecular formula is C11H15FN2O2S2. The molecule has 1 aliphatic rings. The van der Waals surface area contributed by atoms with Crippen molar-refractivity contribution >= 4 is 21.8 Å². The normalized spacial score (nSPS) is 22.0. The molecule has 0 aliphatic carbocycles. The third-order valence-corrected chi connectivity index (χ3v) is 6.04. The van der Waals surface area contributed by atoms with Crippen molar-refractivity contribution in [3.63, 3.8) is 0 Å². The summed E-state index contributed by atoms with van der Waals surface area (Å²) in [5, 5.41) is -0.188. The summed E-state index contributed by atoms with van der Waals surface area (Å²) in [5.41, 5.74) is 0. The number of pyridine rings is 1. The van der Waals surface area contributed by atoms with E-state index in [1.165, 1.54) is 16.6 Å². The number of sulfonamides is 1. The van der Waals surface area contributed by atoms with Crippen LogP contribution >= 0.6 is 11.8 Å². The van der Waals surface area contributed by atoms with Gasteiger partial charge in [-0.15, -0.1) is 0 Å². The summed E-state index contributed by atoms with van der Waals surface area (Å²) in [7, 11) is -3.80. The molecule has 7 heteroatoms. The minimum atomic E-state index is -3.80. The lowest BCUT2D eigenvalue weighted by Gasteiger charge is -2.30. The van der Waals surface area contributed by atoms with E-state index in [0.717, 1.165) is 18.2 Å². The van der Waals surface area contributed by atoms with Crippen molar-refractivity contribution in [1.29, 1.82) is 0 Å². The van der Waals surface area contributed by atoms with Crippen LogP contribution in [-0.2, 0) is 10.0 Å². The number of halogens is 1. The fraction of sp³-hybridized carbons (Fsp3) is 0.545. The van der Waals surface area contributed by atoms with Crippen molar-refractivity contribution in [1.82, 2.24) is 9.29 Å². The Balaban J connectivity index is 2.29. The van der Waals surface area contributed by atoms with Crippen LogP contribution in [-0.4, -0.2) is 41.8 Å². The molecule has 0 aromatic carbocycles. The molecule has 0 spiro atoms. The van der Waals surface area contributed by atoms with Gasteiger partial charge in [0.05, 0.1) is 0 Å². The second-order valence-corrected chi connectivity index (χ2v) is 7.32. The lowest BCUT2D eigenvalue weighted by Crippen LogP contribution is -2.42. The molecule has 2 rings (SSSR count). The van der Waals surface area contributed by atoms with Crippen molar-refractivity contribution in [2.45, 2.75) is 23.6 Å². The van der Waals surface area contributed by atoms with Crippen molar-refractivity contribution < 1.29 is 12.8 Å². The van der Waals surface area contributed by atoms with Crippen LogP contribution in [0.15, 0.2) is 23.4 Å². The van der Waals surface area contributed by atoms with Gasteiger partial charge in [0.15, 0.2) is 5.82 Å². The van der Waals surface area contributed by atoms with Crippen LogP contribution in [0.1, 0.15) is 13.3 Å². The van der Waals surface area contributed by atoms with E-state index in [2.05, 4.69) is 4.98 Å². The Labute approximate surface area is 111 Å². The van der Waals surface area contributed by atoms with Gasteiger partial charge in [0, 0.05) is 30.3 Å². The molecule has 1 aromatic rings. The first-order chi connectivity index (χ1) is 8.55. The summed E-state index contributed by atoms with van der Waals surface area (Å²) in [5.74, 6) is -0.0459. The standard InChI is InChI=1S/C11H15FN2O2S2/c1-2-9-8-14(6-7-17-9)18(15,16)11-10(12)4-3-5-13-11/h3-5,9H,2,6-8H2,1H3. The molecule has 0 saturated carbocycles. The first-order valence-corrected chi connectivity index (χ1v) is 8.27. The van der Waals surface area contributed by atoms with Crippen LogP contribution in [0.3, 0.4) is 0 Å². The van der Waals surface area contributed by atoms with E-state index in [1.807, 2.05) is 6.92 Å². The summed E-state index contributed by atoms with van der Waals surface area (Å²) < 4.78 is 39.4. The van der Waals surface area contributed by atoms with Gasteiger partial charge >= 0.3 is 0 Å². The molecule has 1 saturated heterocycles. The van der Waals surface area contributed by atoms with E-state index in [4.69, 9.17) is 0 Å². The van der Waals surface area contributed by atoms with Crippen LogP contribution in [0.4, 0.5) is 4.39 Å². The Bertz CT molecular complexity index is 522. The Morgan fingerprint density at radius 3 is 3.06 bits per heavy atom. The summed E-state index contributed by atoms with van der Waals surface area (Å²) in [6.45, 7) is 2.87. The lowest BCUT2D eigenvalue weighted by atomic mass is 10.3. The average molecular weight is 290 g/mol. The number of rotatable bonds is 3. The summed E-state index contributed by atoms with van der Waals surface area (Å²) in [6, 6.07) is 2.51. The molecular weight excluding hydrogens is 275 g/mol. The summed E-state index contributed by atoms with van der Waals surface area (Å²) in [6.07, 6.45) is 2.20. The SMILES string of the molecule is CCC1CN(S(=O)(=O)c2ncccc2F)CCS1. The topological polar surface area (TPSA) is 50.3 Å². The Morgan fingerprint density at radius 1 is 1.61 bits per heavy atom. The fourth-order valence-corrected chi connectivity index (χ4v) is 4.69. The van der Waals surface area contributed by atoms with Gasteiger partial charge in [0.25, 0.3) is 10.0 Å². The predicted octanol–water partition coefficient (Wildman–Crippen LogP) is 1.74. The van der Waals surface area contributed by atoms with Gasteiger partial charge < -0.3 is 0 Å². The van der Waals surface area contributed by atoms with E-state index in [-0.39, 0.29) is 5.25 Å². The molecule has 100 valence electrons. The fourth-order valence-electron chi connectivity index (χ4n) is 1.84. The van der Waals surface area contributed by atoms with E-state index in [9.17, 15) is 12.8 Å². The van der Waals surface area contributed by atoms with E-state index in [1.54, 1.807) is 11.8 Å². The minimum Gasteiger partial charge on any atom is -0.241 e. The smallest absolute Gasteiger partial charge is 0.241 e. The quantitative estimate of drug-likeness (QED) is 0.851. The van der Waals surface area contributed by atoms with Gasteiger partial charge in [0.2, 0.25) is 5.03 Å². The van der Waals surface area contributed by atoms with Gasteiger partial charge in [-0.1, -0.05) is 6.92 Å². The van der Waals surface area contributed by atoms with Gasteiger partial charge in [0.1, 0.15) is 0 Å². The monoisotopic (exact) mass is 290 g/mol. The van der Waals surface area contributed by atoms with Crippen LogP contribution in [0.5, 0.6) is 0 Å². The summed E-state index contributed by atoms with van der Waals surface area (Å²) >= 11 is 1.76. The molecule has 0 bridgehead atoms. The highest BCUT2D eigenvalue weighted by Gasteiger charge is 2.32. The summed E-state index contributed by atoms with van der Waals surface area (Å²) in [4.78, 5) is 3.66. The minimum absolute atomic E-state index is 0.278. The zero-order valence-corrected chi connectivity index (χ0v) is 11.7. The van der Waals surface area contributed by atoms with Crippen molar-refractivity contribution in [2.24, 2.45) is 0 Å². The zero-order valence-electron chi connectivity index (χ0n) is 10.0.